The van der Waals surface area contributed by atoms with Crippen LogP contribution in [0.4, 0.5) is 0 Å². The van der Waals surface area contributed by atoms with E-state index in [-0.39, 0.29) is 12.4 Å². The van der Waals surface area contributed by atoms with Crippen molar-refractivity contribution in [3.8, 4) is 0 Å². The van der Waals surface area contributed by atoms with Crippen LogP contribution in [0.3, 0.4) is 0 Å². The summed E-state index contributed by atoms with van der Waals surface area (Å²) in [7, 11) is 2.32. The highest BCUT2D eigenvalue weighted by atomic mass is 35.5. The summed E-state index contributed by atoms with van der Waals surface area (Å²) in [4.78, 5) is 2.59. The quantitative estimate of drug-likeness (QED) is 0.714. The van der Waals surface area contributed by atoms with E-state index in [4.69, 9.17) is 0 Å². The van der Waals surface area contributed by atoms with Gasteiger partial charge in [-0.2, -0.15) is 0 Å². The van der Waals surface area contributed by atoms with Gasteiger partial charge in [-0.25, -0.2) is 0 Å². The summed E-state index contributed by atoms with van der Waals surface area (Å²) >= 11 is 0. The molecule has 2 aliphatic rings. The van der Waals surface area contributed by atoms with Gasteiger partial charge in [0.25, 0.3) is 0 Å². The molecule has 2 heteroatoms. The molecule has 1 heterocycles. The van der Waals surface area contributed by atoms with E-state index in [0.717, 1.165) is 5.92 Å². The molecule has 3 rings (SSSR count). The second-order valence-electron chi connectivity index (χ2n) is 6.90. The van der Waals surface area contributed by atoms with Crippen LogP contribution >= 0.6 is 12.4 Å². The smallest absolute Gasteiger partial charge is 0.00351 e. The fourth-order valence-electron chi connectivity index (χ4n) is 4.39. The number of nitrogens with zero attached hydrogens (tertiary/aromatic N) is 1. The Balaban J connectivity index is 0.00000147. The maximum Gasteiger partial charge on any atom is 0.00351 e. The molecule has 1 unspecified atom stereocenters. The molecule has 1 aliphatic carbocycles. The molecule has 1 saturated carbocycles. The third kappa shape index (κ3) is 3.56. The van der Waals surface area contributed by atoms with E-state index in [1.807, 2.05) is 0 Å². The molecule has 0 radical (unpaired) electrons. The van der Waals surface area contributed by atoms with Crippen LogP contribution in [0.1, 0.15) is 56.4 Å². The SMILES string of the molecule is CN1CCC(c2ccccc2)CC2(CCCCC2)C1.Cl. The highest BCUT2D eigenvalue weighted by Gasteiger charge is 2.37. The van der Waals surface area contributed by atoms with Crippen molar-refractivity contribution in [2.45, 2.75) is 50.9 Å². The second kappa shape index (κ2) is 6.95. The third-order valence-electron chi connectivity index (χ3n) is 5.33. The number of benzene rings is 1. The molecule has 20 heavy (non-hydrogen) atoms. The summed E-state index contributed by atoms with van der Waals surface area (Å²) in [6.45, 7) is 2.59. The van der Waals surface area contributed by atoms with Crippen LogP contribution in [-0.4, -0.2) is 25.0 Å². The Hall–Kier alpha value is -0.530. The average molecular weight is 294 g/mol. The van der Waals surface area contributed by atoms with Gasteiger partial charge in [0.1, 0.15) is 0 Å². The van der Waals surface area contributed by atoms with E-state index in [1.165, 1.54) is 58.0 Å². The van der Waals surface area contributed by atoms with Crippen molar-refractivity contribution in [2.24, 2.45) is 5.41 Å². The topological polar surface area (TPSA) is 3.24 Å². The van der Waals surface area contributed by atoms with E-state index in [1.54, 1.807) is 5.56 Å². The van der Waals surface area contributed by atoms with Crippen molar-refractivity contribution < 1.29 is 0 Å². The Kier molecular flexibility index (Phi) is 5.51. The lowest BCUT2D eigenvalue weighted by Crippen LogP contribution is -2.35. The fourth-order valence-corrected chi connectivity index (χ4v) is 4.39. The Morgan fingerprint density at radius 2 is 1.75 bits per heavy atom. The lowest BCUT2D eigenvalue weighted by atomic mass is 9.68. The summed E-state index contributed by atoms with van der Waals surface area (Å²) in [6, 6.07) is 11.2. The van der Waals surface area contributed by atoms with Gasteiger partial charge in [0, 0.05) is 6.54 Å². The lowest BCUT2D eigenvalue weighted by molar-refractivity contribution is 0.124. The van der Waals surface area contributed by atoms with Crippen LogP contribution in [-0.2, 0) is 0 Å². The van der Waals surface area contributed by atoms with Crippen LogP contribution in [0.15, 0.2) is 30.3 Å². The number of likely N-dealkylation sites (tertiary alicyclic amines) is 1. The predicted molar refractivity (Wildman–Crippen MR) is 88.7 cm³/mol. The molecule has 1 spiro atoms. The lowest BCUT2D eigenvalue weighted by Gasteiger charge is -2.40. The molecule has 1 atom stereocenters. The first kappa shape index (κ1) is 15.9. The number of hydrogen-bond acceptors (Lipinski definition) is 1. The molecule has 112 valence electrons. The van der Waals surface area contributed by atoms with Gasteiger partial charge in [-0.1, -0.05) is 49.6 Å². The number of hydrogen-bond donors (Lipinski definition) is 0. The van der Waals surface area contributed by atoms with Gasteiger partial charge in [0.2, 0.25) is 0 Å². The van der Waals surface area contributed by atoms with Gasteiger partial charge in [-0.05, 0) is 56.2 Å². The third-order valence-corrected chi connectivity index (χ3v) is 5.33. The van der Waals surface area contributed by atoms with Crippen molar-refractivity contribution in [3.63, 3.8) is 0 Å². The highest BCUT2D eigenvalue weighted by Crippen LogP contribution is 2.46. The number of rotatable bonds is 1. The van der Waals surface area contributed by atoms with Gasteiger partial charge in [-0.3, -0.25) is 0 Å². The minimum Gasteiger partial charge on any atom is -0.306 e. The minimum absolute atomic E-state index is 0. The van der Waals surface area contributed by atoms with E-state index >= 15 is 0 Å². The molecule has 2 fully saturated rings. The van der Waals surface area contributed by atoms with Crippen molar-refractivity contribution >= 4 is 12.4 Å². The summed E-state index contributed by atoms with van der Waals surface area (Å²) in [6.07, 6.45) is 10.0. The molecule has 1 aromatic carbocycles. The Morgan fingerprint density at radius 1 is 1.05 bits per heavy atom. The van der Waals surface area contributed by atoms with Crippen LogP contribution in [0.5, 0.6) is 0 Å². The highest BCUT2D eigenvalue weighted by molar-refractivity contribution is 5.85. The van der Waals surface area contributed by atoms with Crippen LogP contribution in [0.2, 0.25) is 0 Å². The van der Waals surface area contributed by atoms with Crippen LogP contribution < -0.4 is 0 Å². The molecule has 1 saturated heterocycles. The van der Waals surface area contributed by atoms with Gasteiger partial charge < -0.3 is 4.90 Å². The van der Waals surface area contributed by atoms with E-state index in [9.17, 15) is 0 Å². The maximum atomic E-state index is 2.59. The summed E-state index contributed by atoms with van der Waals surface area (Å²) < 4.78 is 0. The van der Waals surface area contributed by atoms with Gasteiger partial charge in [-0.15, -0.1) is 12.4 Å². The van der Waals surface area contributed by atoms with Crippen LogP contribution in [0, 0.1) is 5.41 Å². The summed E-state index contributed by atoms with van der Waals surface area (Å²) in [5.41, 5.74) is 2.19. The first-order valence-electron chi connectivity index (χ1n) is 8.01. The van der Waals surface area contributed by atoms with Gasteiger partial charge in [0.05, 0.1) is 0 Å². The standard InChI is InChI=1S/C18H27N.ClH/c1-19-13-10-17(16-8-4-2-5-9-16)14-18(15-19)11-6-3-7-12-18;/h2,4-5,8-9,17H,3,6-7,10-15H2,1H3;1H. The van der Waals surface area contributed by atoms with Crippen LogP contribution in [0.25, 0.3) is 0 Å². The molecule has 0 amide bonds. The Morgan fingerprint density at radius 3 is 2.45 bits per heavy atom. The molecular weight excluding hydrogens is 266 g/mol. The largest absolute Gasteiger partial charge is 0.306 e. The molecule has 1 nitrogen and oxygen atoms in total. The molecule has 0 N–H and O–H groups in total. The van der Waals surface area contributed by atoms with Crippen molar-refractivity contribution in [1.29, 1.82) is 0 Å². The minimum atomic E-state index is 0. The van der Waals surface area contributed by atoms with Crippen molar-refractivity contribution in [3.05, 3.63) is 35.9 Å². The monoisotopic (exact) mass is 293 g/mol. The molecule has 1 aromatic rings. The predicted octanol–water partition coefficient (Wildman–Crippen LogP) is 4.87. The summed E-state index contributed by atoms with van der Waals surface area (Å²) in [5.74, 6) is 0.782. The zero-order valence-electron chi connectivity index (χ0n) is 12.7. The summed E-state index contributed by atoms with van der Waals surface area (Å²) in [5, 5.41) is 0. The van der Waals surface area contributed by atoms with E-state index < -0.39 is 0 Å². The fraction of sp³-hybridized carbons (Fsp3) is 0.667. The zero-order chi connectivity index (χ0) is 13.1. The van der Waals surface area contributed by atoms with Gasteiger partial charge in [0.15, 0.2) is 0 Å². The first-order valence-corrected chi connectivity index (χ1v) is 8.01. The second-order valence-corrected chi connectivity index (χ2v) is 6.90. The first-order chi connectivity index (χ1) is 9.27. The van der Waals surface area contributed by atoms with Crippen molar-refractivity contribution in [1.82, 2.24) is 4.90 Å². The van der Waals surface area contributed by atoms with E-state index in [0.29, 0.717) is 5.41 Å². The van der Waals surface area contributed by atoms with Gasteiger partial charge >= 0.3 is 0 Å². The maximum absolute atomic E-state index is 2.59. The molecule has 1 aliphatic heterocycles. The Bertz CT molecular complexity index is 397. The average Bonchev–Trinajstić information content (AvgIpc) is 2.60. The Labute approximate surface area is 130 Å². The normalized spacial score (nSPS) is 26.8. The molecular formula is C18H28ClN. The zero-order valence-corrected chi connectivity index (χ0v) is 13.5. The van der Waals surface area contributed by atoms with E-state index in [2.05, 4.69) is 42.3 Å². The van der Waals surface area contributed by atoms with Crippen molar-refractivity contribution in [2.75, 3.05) is 20.1 Å². The molecule has 0 bridgehead atoms. The number of halogens is 1. The molecule has 0 aromatic heterocycles.